The molecule has 0 aliphatic heterocycles. The minimum absolute atomic E-state index is 0.702. The van der Waals surface area contributed by atoms with Crippen molar-refractivity contribution in [3.63, 3.8) is 0 Å². The minimum Gasteiger partial charge on any atom is -0.192 e. The van der Waals surface area contributed by atoms with Gasteiger partial charge < -0.3 is 0 Å². The maximum absolute atomic E-state index is 9.21. The van der Waals surface area contributed by atoms with E-state index < -0.39 is 0 Å². The van der Waals surface area contributed by atoms with E-state index in [2.05, 4.69) is 66.7 Å². The van der Waals surface area contributed by atoms with Crippen LogP contribution in [0.1, 0.15) is 5.56 Å². The fourth-order valence-corrected chi connectivity index (χ4v) is 3.70. The molecule has 5 aromatic carbocycles. The third kappa shape index (κ3) is 1.74. The normalized spacial score (nSPS) is 11.3. The molecular weight excluding hydrogens is 290 g/mol. The molecule has 0 saturated heterocycles. The molecule has 1 heteroatoms. The third-order valence-corrected chi connectivity index (χ3v) is 4.87. The SMILES string of the molecule is N#Cc1ccc2ccc3c(ccc4c5ccccc5ccc43)c2c1. The van der Waals surface area contributed by atoms with Gasteiger partial charge in [0.2, 0.25) is 0 Å². The molecule has 0 aliphatic carbocycles. The summed E-state index contributed by atoms with van der Waals surface area (Å²) in [5.74, 6) is 0. The van der Waals surface area contributed by atoms with Crippen molar-refractivity contribution in [2.24, 2.45) is 0 Å². The van der Waals surface area contributed by atoms with Crippen molar-refractivity contribution in [2.45, 2.75) is 0 Å². The molecule has 0 bridgehead atoms. The van der Waals surface area contributed by atoms with Crippen LogP contribution < -0.4 is 0 Å². The molecule has 0 fully saturated rings. The summed E-state index contributed by atoms with van der Waals surface area (Å²) in [6, 6.07) is 29.8. The average Bonchev–Trinajstić information content (AvgIpc) is 2.66. The van der Waals surface area contributed by atoms with Crippen LogP contribution in [-0.2, 0) is 0 Å². The molecule has 5 aromatic rings. The van der Waals surface area contributed by atoms with E-state index in [0.717, 1.165) is 5.39 Å². The minimum atomic E-state index is 0.702. The Morgan fingerprint density at radius 3 is 1.79 bits per heavy atom. The first-order chi connectivity index (χ1) is 11.8. The zero-order valence-electron chi connectivity index (χ0n) is 13.0. The first kappa shape index (κ1) is 13.1. The molecule has 0 aromatic heterocycles. The lowest BCUT2D eigenvalue weighted by atomic mass is 9.94. The highest BCUT2D eigenvalue weighted by atomic mass is 14.2. The number of hydrogen-bond acceptors (Lipinski definition) is 1. The quantitative estimate of drug-likeness (QED) is 0.314. The Morgan fingerprint density at radius 2 is 1.04 bits per heavy atom. The van der Waals surface area contributed by atoms with Crippen molar-refractivity contribution in [1.29, 1.82) is 5.26 Å². The maximum Gasteiger partial charge on any atom is 0.0991 e. The summed E-state index contributed by atoms with van der Waals surface area (Å²) in [5, 5.41) is 19.0. The summed E-state index contributed by atoms with van der Waals surface area (Å²) in [6.45, 7) is 0. The molecular formula is C23H13N. The lowest BCUT2D eigenvalue weighted by Crippen LogP contribution is -1.83. The second kappa shape index (κ2) is 4.81. The van der Waals surface area contributed by atoms with Gasteiger partial charge in [-0.2, -0.15) is 5.26 Å². The van der Waals surface area contributed by atoms with Gasteiger partial charge in [-0.1, -0.05) is 66.7 Å². The summed E-state index contributed by atoms with van der Waals surface area (Å²) in [5.41, 5.74) is 0.702. The van der Waals surface area contributed by atoms with Gasteiger partial charge in [-0.3, -0.25) is 0 Å². The second-order valence-corrected chi connectivity index (χ2v) is 6.16. The molecule has 1 nitrogen and oxygen atoms in total. The summed E-state index contributed by atoms with van der Waals surface area (Å²) >= 11 is 0. The molecule has 0 aliphatic rings. The van der Waals surface area contributed by atoms with Crippen molar-refractivity contribution in [2.75, 3.05) is 0 Å². The van der Waals surface area contributed by atoms with E-state index in [1.54, 1.807) is 0 Å². The van der Waals surface area contributed by atoms with Gasteiger partial charge in [-0.15, -0.1) is 0 Å². The standard InChI is InChI=1S/C23H13N/c24-14-15-5-6-17-8-10-21-20-9-7-16-3-1-2-4-18(16)19(20)11-12-22(21)23(17)13-15/h1-13H. The van der Waals surface area contributed by atoms with Crippen molar-refractivity contribution >= 4 is 43.1 Å². The lowest BCUT2D eigenvalue weighted by Gasteiger charge is -2.10. The van der Waals surface area contributed by atoms with E-state index >= 15 is 0 Å². The second-order valence-electron chi connectivity index (χ2n) is 6.16. The van der Waals surface area contributed by atoms with E-state index in [-0.39, 0.29) is 0 Å². The lowest BCUT2D eigenvalue weighted by molar-refractivity contribution is 1.50. The predicted octanol–water partition coefficient (Wildman–Crippen LogP) is 6.17. The zero-order chi connectivity index (χ0) is 16.1. The van der Waals surface area contributed by atoms with Crippen LogP contribution in [0.5, 0.6) is 0 Å². The van der Waals surface area contributed by atoms with Crippen molar-refractivity contribution in [3.05, 3.63) is 84.4 Å². The highest BCUT2D eigenvalue weighted by molar-refractivity contribution is 6.22. The molecule has 110 valence electrons. The Balaban J connectivity index is 2.00. The monoisotopic (exact) mass is 303 g/mol. The summed E-state index contributed by atoms with van der Waals surface area (Å²) in [6.07, 6.45) is 0. The van der Waals surface area contributed by atoms with E-state index in [1.165, 1.54) is 37.7 Å². The molecule has 0 unspecified atom stereocenters. The van der Waals surface area contributed by atoms with Gasteiger partial charge in [-0.05, 0) is 55.2 Å². The largest absolute Gasteiger partial charge is 0.192 e. The van der Waals surface area contributed by atoms with E-state index in [1.807, 2.05) is 18.2 Å². The van der Waals surface area contributed by atoms with Crippen LogP contribution in [0.3, 0.4) is 0 Å². The maximum atomic E-state index is 9.21. The fraction of sp³-hybridized carbons (Fsp3) is 0. The molecule has 24 heavy (non-hydrogen) atoms. The first-order valence-electron chi connectivity index (χ1n) is 8.02. The molecule has 0 N–H and O–H groups in total. The highest BCUT2D eigenvalue weighted by Crippen LogP contribution is 2.34. The van der Waals surface area contributed by atoms with E-state index in [4.69, 9.17) is 0 Å². The molecule has 0 spiro atoms. The van der Waals surface area contributed by atoms with Gasteiger partial charge in [0.25, 0.3) is 0 Å². The van der Waals surface area contributed by atoms with Crippen LogP contribution in [0.4, 0.5) is 0 Å². The van der Waals surface area contributed by atoms with Gasteiger partial charge in [0.1, 0.15) is 0 Å². The Labute approximate surface area is 139 Å². The molecule has 0 amide bonds. The van der Waals surface area contributed by atoms with Crippen LogP contribution in [0, 0.1) is 11.3 Å². The van der Waals surface area contributed by atoms with Gasteiger partial charge in [0, 0.05) is 0 Å². The Kier molecular flexibility index (Phi) is 2.63. The van der Waals surface area contributed by atoms with Crippen LogP contribution in [-0.4, -0.2) is 0 Å². The Hall–Kier alpha value is -3.37. The van der Waals surface area contributed by atoms with Crippen LogP contribution in [0.15, 0.2) is 78.9 Å². The molecule has 5 rings (SSSR count). The van der Waals surface area contributed by atoms with Crippen molar-refractivity contribution in [1.82, 2.24) is 0 Å². The molecule has 0 saturated carbocycles. The number of nitrogens with zero attached hydrogens (tertiary/aromatic N) is 1. The van der Waals surface area contributed by atoms with Gasteiger partial charge in [0.15, 0.2) is 0 Å². The topological polar surface area (TPSA) is 23.8 Å². The van der Waals surface area contributed by atoms with E-state index in [0.29, 0.717) is 5.56 Å². The van der Waals surface area contributed by atoms with Crippen LogP contribution in [0.2, 0.25) is 0 Å². The zero-order valence-corrected chi connectivity index (χ0v) is 13.0. The first-order valence-corrected chi connectivity index (χ1v) is 8.02. The number of fused-ring (bicyclic) bond motifs is 7. The Bertz CT molecular complexity index is 1310. The van der Waals surface area contributed by atoms with E-state index in [9.17, 15) is 5.26 Å². The summed E-state index contributed by atoms with van der Waals surface area (Å²) in [4.78, 5) is 0. The van der Waals surface area contributed by atoms with Crippen molar-refractivity contribution < 1.29 is 0 Å². The summed E-state index contributed by atoms with van der Waals surface area (Å²) < 4.78 is 0. The molecule has 0 heterocycles. The number of hydrogen-bond donors (Lipinski definition) is 0. The smallest absolute Gasteiger partial charge is 0.0991 e. The molecule has 0 radical (unpaired) electrons. The predicted molar refractivity (Wildman–Crippen MR) is 101 cm³/mol. The van der Waals surface area contributed by atoms with Gasteiger partial charge >= 0.3 is 0 Å². The average molecular weight is 303 g/mol. The molecule has 0 atom stereocenters. The third-order valence-electron chi connectivity index (χ3n) is 4.87. The fourth-order valence-electron chi connectivity index (χ4n) is 3.70. The van der Waals surface area contributed by atoms with Crippen molar-refractivity contribution in [3.8, 4) is 6.07 Å². The number of rotatable bonds is 0. The van der Waals surface area contributed by atoms with Crippen LogP contribution in [0.25, 0.3) is 43.1 Å². The van der Waals surface area contributed by atoms with Gasteiger partial charge in [0.05, 0.1) is 11.6 Å². The van der Waals surface area contributed by atoms with Gasteiger partial charge in [-0.25, -0.2) is 0 Å². The number of benzene rings is 5. The highest BCUT2D eigenvalue weighted by Gasteiger charge is 2.07. The Morgan fingerprint density at radius 1 is 0.500 bits per heavy atom. The van der Waals surface area contributed by atoms with Crippen LogP contribution >= 0.6 is 0 Å². The summed E-state index contributed by atoms with van der Waals surface area (Å²) in [7, 11) is 0. The number of nitriles is 1.